The van der Waals surface area contributed by atoms with Crippen LogP contribution in [0.2, 0.25) is 0 Å². The maximum absolute atomic E-state index is 5.78. The van der Waals surface area contributed by atoms with Gasteiger partial charge in [0.25, 0.3) is 0 Å². The molecule has 1 aromatic heterocycles. The van der Waals surface area contributed by atoms with Gasteiger partial charge in [-0.2, -0.15) is 0 Å². The molecule has 0 aliphatic carbocycles. The maximum Gasteiger partial charge on any atom is 0.133 e. The van der Waals surface area contributed by atoms with Crippen molar-refractivity contribution in [1.29, 1.82) is 0 Å². The molecule has 0 radical (unpaired) electrons. The molecule has 3 heteroatoms. The van der Waals surface area contributed by atoms with E-state index in [2.05, 4.69) is 24.9 Å². The number of pyridine rings is 1. The van der Waals surface area contributed by atoms with Gasteiger partial charge in [0.1, 0.15) is 11.6 Å². The quantitative estimate of drug-likeness (QED) is 0.663. The molecule has 0 atom stereocenters. The van der Waals surface area contributed by atoms with Gasteiger partial charge in [0, 0.05) is 5.39 Å². The minimum absolute atomic E-state index is 0.471. The number of aromatic nitrogens is 1. The summed E-state index contributed by atoms with van der Waals surface area (Å²) < 4.78 is 0. The Morgan fingerprint density at radius 2 is 1.64 bits per heavy atom. The van der Waals surface area contributed by atoms with Crippen molar-refractivity contribution < 1.29 is 0 Å². The number of aryl methyl sites for hydroxylation is 2. The highest BCUT2D eigenvalue weighted by Gasteiger charge is 2.03. The van der Waals surface area contributed by atoms with Crippen molar-refractivity contribution in [2.75, 3.05) is 11.5 Å². The first-order valence-corrected chi connectivity index (χ1v) is 4.51. The largest absolute Gasteiger partial charge is 0.384 e. The second-order valence-electron chi connectivity index (χ2n) is 3.59. The van der Waals surface area contributed by atoms with Gasteiger partial charge in [-0.1, -0.05) is 6.07 Å². The summed E-state index contributed by atoms with van der Waals surface area (Å²) in [7, 11) is 0. The van der Waals surface area contributed by atoms with E-state index in [1.54, 1.807) is 0 Å². The van der Waals surface area contributed by atoms with Crippen molar-refractivity contribution in [3.63, 3.8) is 0 Å². The number of hydrogen-bond acceptors (Lipinski definition) is 3. The monoisotopic (exact) mass is 187 g/mol. The summed E-state index contributed by atoms with van der Waals surface area (Å²) in [6.07, 6.45) is 0. The molecule has 4 N–H and O–H groups in total. The average Bonchev–Trinajstić information content (AvgIpc) is 2.08. The van der Waals surface area contributed by atoms with E-state index in [1.807, 2.05) is 12.1 Å². The van der Waals surface area contributed by atoms with Crippen LogP contribution in [0.25, 0.3) is 10.8 Å². The first-order valence-electron chi connectivity index (χ1n) is 4.51. The summed E-state index contributed by atoms with van der Waals surface area (Å²) in [4.78, 5) is 4.03. The fraction of sp³-hybridized carbons (Fsp3) is 0.182. The van der Waals surface area contributed by atoms with Crippen LogP contribution >= 0.6 is 0 Å². The summed E-state index contributed by atoms with van der Waals surface area (Å²) in [5.74, 6) is 0.973. The van der Waals surface area contributed by atoms with E-state index in [0.29, 0.717) is 11.6 Å². The zero-order chi connectivity index (χ0) is 10.3. The van der Waals surface area contributed by atoms with Crippen LogP contribution in [0.5, 0.6) is 0 Å². The SMILES string of the molecule is Cc1cc2cc(N)nc(N)c2cc1C. The smallest absolute Gasteiger partial charge is 0.133 e. The van der Waals surface area contributed by atoms with Crippen molar-refractivity contribution in [2.45, 2.75) is 13.8 Å². The van der Waals surface area contributed by atoms with E-state index in [-0.39, 0.29) is 0 Å². The fourth-order valence-electron chi connectivity index (χ4n) is 1.57. The van der Waals surface area contributed by atoms with Gasteiger partial charge in [-0.15, -0.1) is 0 Å². The molecule has 0 aliphatic rings. The third kappa shape index (κ3) is 1.27. The Bertz CT molecular complexity index is 503. The Hall–Kier alpha value is -1.77. The maximum atomic E-state index is 5.78. The Morgan fingerprint density at radius 1 is 1.00 bits per heavy atom. The molecule has 0 saturated heterocycles. The van der Waals surface area contributed by atoms with E-state index in [0.717, 1.165) is 10.8 Å². The number of nitrogens with two attached hydrogens (primary N) is 2. The van der Waals surface area contributed by atoms with Crippen LogP contribution < -0.4 is 11.5 Å². The van der Waals surface area contributed by atoms with Gasteiger partial charge in [0.2, 0.25) is 0 Å². The number of fused-ring (bicyclic) bond motifs is 1. The van der Waals surface area contributed by atoms with Crippen LogP contribution in [0.1, 0.15) is 11.1 Å². The minimum atomic E-state index is 0.471. The Morgan fingerprint density at radius 3 is 2.36 bits per heavy atom. The van der Waals surface area contributed by atoms with Gasteiger partial charge >= 0.3 is 0 Å². The normalized spacial score (nSPS) is 10.7. The number of hydrogen-bond donors (Lipinski definition) is 2. The number of benzene rings is 1. The zero-order valence-corrected chi connectivity index (χ0v) is 8.33. The second kappa shape index (κ2) is 2.87. The molecule has 0 unspecified atom stereocenters. The van der Waals surface area contributed by atoms with Gasteiger partial charge in [0.15, 0.2) is 0 Å². The molecule has 72 valence electrons. The van der Waals surface area contributed by atoms with Crippen molar-refractivity contribution in [1.82, 2.24) is 4.98 Å². The van der Waals surface area contributed by atoms with Gasteiger partial charge in [-0.3, -0.25) is 0 Å². The van der Waals surface area contributed by atoms with Crippen LogP contribution in [0, 0.1) is 13.8 Å². The summed E-state index contributed by atoms with van der Waals surface area (Å²) in [5, 5.41) is 2.03. The molecule has 1 heterocycles. The van der Waals surface area contributed by atoms with Gasteiger partial charge in [-0.05, 0) is 42.5 Å². The molecule has 1 aromatic carbocycles. The van der Waals surface area contributed by atoms with Crippen molar-refractivity contribution in [2.24, 2.45) is 0 Å². The molecule has 3 nitrogen and oxygen atoms in total. The van der Waals surface area contributed by atoms with Gasteiger partial charge in [-0.25, -0.2) is 4.98 Å². The predicted octanol–water partition coefficient (Wildman–Crippen LogP) is 2.02. The topological polar surface area (TPSA) is 64.9 Å². The van der Waals surface area contributed by atoms with Crippen LogP contribution in [-0.2, 0) is 0 Å². The number of anilines is 2. The lowest BCUT2D eigenvalue weighted by molar-refractivity contribution is 1.34. The van der Waals surface area contributed by atoms with Gasteiger partial charge in [0.05, 0.1) is 0 Å². The summed E-state index contributed by atoms with van der Waals surface area (Å²) in [6, 6.07) is 5.98. The van der Waals surface area contributed by atoms with Crippen LogP contribution in [0.15, 0.2) is 18.2 Å². The van der Waals surface area contributed by atoms with Crippen molar-refractivity contribution in [3.05, 3.63) is 29.3 Å². The van der Waals surface area contributed by atoms with E-state index >= 15 is 0 Å². The van der Waals surface area contributed by atoms with E-state index in [1.165, 1.54) is 11.1 Å². The van der Waals surface area contributed by atoms with Crippen LogP contribution in [-0.4, -0.2) is 4.98 Å². The molecule has 0 fully saturated rings. The lowest BCUT2D eigenvalue weighted by atomic mass is 10.0. The van der Waals surface area contributed by atoms with E-state index < -0.39 is 0 Å². The highest BCUT2D eigenvalue weighted by atomic mass is 14.9. The first-order chi connectivity index (χ1) is 6.58. The summed E-state index contributed by atoms with van der Waals surface area (Å²) in [5.41, 5.74) is 13.9. The third-order valence-corrected chi connectivity index (χ3v) is 2.49. The minimum Gasteiger partial charge on any atom is -0.384 e. The number of nitrogen functional groups attached to an aromatic ring is 2. The molecule has 0 spiro atoms. The Balaban J connectivity index is 2.89. The number of rotatable bonds is 0. The predicted molar refractivity (Wildman–Crippen MR) is 60.0 cm³/mol. The lowest BCUT2D eigenvalue weighted by Gasteiger charge is -2.06. The van der Waals surface area contributed by atoms with Crippen molar-refractivity contribution >= 4 is 22.4 Å². The molecule has 0 amide bonds. The first kappa shape index (κ1) is 8.81. The van der Waals surface area contributed by atoms with Gasteiger partial charge < -0.3 is 11.5 Å². The molecule has 0 aliphatic heterocycles. The zero-order valence-electron chi connectivity index (χ0n) is 8.33. The molecular formula is C11H13N3. The van der Waals surface area contributed by atoms with Crippen molar-refractivity contribution in [3.8, 4) is 0 Å². The summed E-state index contributed by atoms with van der Waals surface area (Å²) in [6.45, 7) is 4.13. The molecule has 0 saturated carbocycles. The molecular weight excluding hydrogens is 174 g/mol. The van der Waals surface area contributed by atoms with E-state index in [9.17, 15) is 0 Å². The molecule has 14 heavy (non-hydrogen) atoms. The Labute approximate surface area is 82.7 Å². The Kier molecular flexibility index (Phi) is 1.81. The van der Waals surface area contributed by atoms with E-state index in [4.69, 9.17) is 11.5 Å². The lowest BCUT2D eigenvalue weighted by Crippen LogP contribution is -1.97. The average molecular weight is 187 g/mol. The summed E-state index contributed by atoms with van der Waals surface area (Å²) >= 11 is 0. The molecule has 2 rings (SSSR count). The highest BCUT2D eigenvalue weighted by molar-refractivity contribution is 5.93. The number of nitrogens with zero attached hydrogens (tertiary/aromatic N) is 1. The molecule has 0 bridgehead atoms. The second-order valence-corrected chi connectivity index (χ2v) is 3.59. The fourth-order valence-corrected chi connectivity index (χ4v) is 1.57. The standard InChI is InChI=1S/C11H13N3/c1-6-3-8-5-10(12)14-11(13)9(8)4-7(6)2/h3-5H,1-2H3,(H4,12,13,14). The molecule has 2 aromatic rings. The van der Waals surface area contributed by atoms with Crippen LogP contribution in [0.4, 0.5) is 11.6 Å². The highest BCUT2D eigenvalue weighted by Crippen LogP contribution is 2.24. The van der Waals surface area contributed by atoms with Crippen LogP contribution in [0.3, 0.4) is 0 Å². The third-order valence-electron chi connectivity index (χ3n) is 2.49.